The van der Waals surface area contributed by atoms with Crippen LogP contribution in [-0.2, 0) is 9.59 Å². The Kier molecular flexibility index (Phi) is 5.83. The van der Waals surface area contributed by atoms with Gasteiger partial charge in [-0.05, 0) is 67.5 Å². The van der Waals surface area contributed by atoms with Gasteiger partial charge in [0.15, 0.2) is 0 Å². The van der Waals surface area contributed by atoms with E-state index >= 15 is 0 Å². The van der Waals surface area contributed by atoms with Gasteiger partial charge in [0.25, 0.3) is 11.8 Å². The fourth-order valence-electron chi connectivity index (χ4n) is 4.44. The summed E-state index contributed by atoms with van der Waals surface area (Å²) in [6.07, 6.45) is 1.79. The zero-order valence-electron chi connectivity index (χ0n) is 18.2. The Morgan fingerprint density at radius 1 is 1.06 bits per heavy atom. The zero-order valence-corrected chi connectivity index (χ0v) is 18.2. The van der Waals surface area contributed by atoms with E-state index in [0.29, 0.717) is 41.4 Å². The van der Waals surface area contributed by atoms with Crippen LogP contribution < -0.4 is 9.64 Å². The van der Waals surface area contributed by atoms with Crippen LogP contribution in [0.15, 0.2) is 48.2 Å². The summed E-state index contributed by atoms with van der Waals surface area (Å²) >= 11 is 0. The largest absolute Gasteiger partial charge is 0.497 e. The number of aliphatic hydroxyl groups excluding tert-OH is 1. The Balaban J connectivity index is 1.83. The van der Waals surface area contributed by atoms with Crippen LogP contribution in [0.2, 0.25) is 0 Å². The maximum absolute atomic E-state index is 13.7. The summed E-state index contributed by atoms with van der Waals surface area (Å²) in [6, 6.07) is 12.9. The summed E-state index contributed by atoms with van der Waals surface area (Å²) < 4.78 is 5.25. The van der Waals surface area contributed by atoms with E-state index in [2.05, 4.69) is 0 Å². The van der Waals surface area contributed by atoms with Gasteiger partial charge in [0, 0.05) is 19.7 Å². The number of nitrogens with zero attached hydrogens (tertiary/aromatic N) is 2. The average Bonchev–Trinajstić information content (AvgIpc) is 3.05. The van der Waals surface area contributed by atoms with E-state index in [9.17, 15) is 14.7 Å². The van der Waals surface area contributed by atoms with Crippen molar-refractivity contribution in [1.29, 1.82) is 0 Å². The van der Waals surface area contributed by atoms with Gasteiger partial charge >= 0.3 is 0 Å². The van der Waals surface area contributed by atoms with Crippen LogP contribution in [-0.4, -0.2) is 48.6 Å². The van der Waals surface area contributed by atoms with Crippen molar-refractivity contribution in [2.75, 3.05) is 31.7 Å². The number of piperidine rings is 1. The molecule has 1 unspecified atom stereocenters. The van der Waals surface area contributed by atoms with Crippen molar-refractivity contribution < 1.29 is 19.4 Å². The number of aliphatic hydroxyl groups is 1. The molecule has 1 N–H and O–H groups in total. The molecule has 2 aliphatic heterocycles. The zero-order chi connectivity index (χ0) is 22.1. The number of amides is 2. The molecule has 162 valence electrons. The minimum absolute atomic E-state index is 0.0739. The predicted octanol–water partition coefficient (Wildman–Crippen LogP) is 3.30. The molecule has 0 saturated carbocycles. The Morgan fingerprint density at radius 2 is 1.81 bits per heavy atom. The van der Waals surface area contributed by atoms with Crippen LogP contribution in [0, 0.1) is 19.8 Å². The first-order valence-corrected chi connectivity index (χ1v) is 10.7. The second-order valence-corrected chi connectivity index (χ2v) is 8.25. The van der Waals surface area contributed by atoms with Gasteiger partial charge in [-0.15, -0.1) is 0 Å². The molecule has 2 amide bonds. The SMILES string of the molecule is COc1ccc(C2=C(N3CCCC(CO)C3)C(=O)N(c3cccc(C)c3C)C2=O)cc1. The smallest absolute Gasteiger partial charge is 0.282 e. The van der Waals surface area contributed by atoms with Crippen LogP contribution >= 0.6 is 0 Å². The molecule has 31 heavy (non-hydrogen) atoms. The van der Waals surface area contributed by atoms with Crippen LogP contribution in [0.5, 0.6) is 5.75 Å². The van der Waals surface area contributed by atoms with Crippen molar-refractivity contribution >= 4 is 23.1 Å². The van der Waals surface area contributed by atoms with E-state index in [4.69, 9.17) is 4.74 Å². The molecule has 6 nitrogen and oxygen atoms in total. The number of hydrogen-bond acceptors (Lipinski definition) is 5. The Bertz CT molecular complexity index is 1040. The minimum atomic E-state index is -0.315. The molecule has 0 aliphatic carbocycles. The highest BCUT2D eigenvalue weighted by Crippen LogP contribution is 2.38. The normalized spacial score (nSPS) is 19.4. The average molecular weight is 421 g/mol. The maximum Gasteiger partial charge on any atom is 0.282 e. The standard InChI is InChI=1S/C25H28N2O4/c1-16-6-4-8-21(17(16)2)27-24(29)22(19-9-11-20(31-3)12-10-19)23(25(27)30)26-13-5-7-18(14-26)15-28/h4,6,8-12,18,28H,5,7,13-15H2,1-3H3. The van der Waals surface area contributed by atoms with E-state index < -0.39 is 0 Å². The number of benzene rings is 2. The molecule has 2 aliphatic rings. The van der Waals surface area contributed by atoms with Crippen LogP contribution in [0.25, 0.3) is 5.57 Å². The first-order valence-electron chi connectivity index (χ1n) is 10.7. The highest BCUT2D eigenvalue weighted by molar-refractivity contribution is 6.45. The molecule has 2 aromatic carbocycles. The summed E-state index contributed by atoms with van der Waals surface area (Å²) in [5.74, 6) is 0.163. The number of rotatable bonds is 5. The van der Waals surface area contributed by atoms with Crippen molar-refractivity contribution in [2.24, 2.45) is 5.92 Å². The summed E-state index contributed by atoms with van der Waals surface area (Å²) in [7, 11) is 1.59. The third kappa shape index (κ3) is 3.72. The molecular weight excluding hydrogens is 392 g/mol. The van der Waals surface area contributed by atoms with E-state index in [0.717, 1.165) is 24.0 Å². The van der Waals surface area contributed by atoms with E-state index in [1.807, 2.05) is 49.1 Å². The van der Waals surface area contributed by atoms with Gasteiger partial charge in [-0.25, -0.2) is 4.90 Å². The third-order valence-electron chi connectivity index (χ3n) is 6.35. The van der Waals surface area contributed by atoms with Crippen LogP contribution in [0.4, 0.5) is 5.69 Å². The molecule has 1 atom stereocenters. The lowest BCUT2D eigenvalue weighted by atomic mass is 9.97. The molecule has 1 saturated heterocycles. The minimum Gasteiger partial charge on any atom is -0.497 e. The van der Waals surface area contributed by atoms with E-state index in [1.54, 1.807) is 19.2 Å². The summed E-state index contributed by atoms with van der Waals surface area (Å²) in [5.41, 5.74) is 4.07. The molecule has 2 aromatic rings. The first-order chi connectivity index (χ1) is 15.0. The summed E-state index contributed by atoms with van der Waals surface area (Å²) in [5, 5.41) is 9.69. The number of anilines is 1. The highest BCUT2D eigenvalue weighted by Gasteiger charge is 2.43. The third-order valence-corrected chi connectivity index (χ3v) is 6.35. The lowest BCUT2D eigenvalue weighted by Crippen LogP contribution is -2.40. The summed E-state index contributed by atoms with van der Waals surface area (Å²) in [4.78, 5) is 30.7. The fraction of sp³-hybridized carbons (Fsp3) is 0.360. The maximum atomic E-state index is 13.7. The number of ether oxygens (including phenoxy) is 1. The molecule has 0 spiro atoms. The number of carbonyl (C=O) groups excluding carboxylic acids is 2. The Morgan fingerprint density at radius 3 is 2.48 bits per heavy atom. The molecule has 4 rings (SSSR count). The fourth-order valence-corrected chi connectivity index (χ4v) is 4.44. The number of hydrogen-bond donors (Lipinski definition) is 1. The van der Waals surface area contributed by atoms with Gasteiger partial charge in [-0.3, -0.25) is 9.59 Å². The second-order valence-electron chi connectivity index (χ2n) is 8.25. The first kappa shape index (κ1) is 21.1. The van der Waals surface area contributed by atoms with Gasteiger partial charge in [-0.2, -0.15) is 0 Å². The number of likely N-dealkylation sites (tertiary alicyclic amines) is 1. The molecular formula is C25H28N2O4. The van der Waals surface area contributed by atoms with Crippen LogP contribution in [0.3, 0.4) is 0 Å². The molecule has 0 bridgehead atoms. The number of methoxy groups -OCH3 is 1. The van der Waals surface area contributed by atoms with Crippen molar-refractivity contribution in [3.63, 3.8) is 0 Å². The van der Waals surface area contributed by atoms with Gasteiger partial charge in [-0.1, -0.05) is 24.3 Å². The van der Waals surface area contributed by atoms with Crippen molar-refractivity contribution in [3.05, 3.63) is 64.9 Å². The highest BCUT2D eigenvalue weighted by atomic mass is 16.5. The molecule has 2 heterocycles. The molecule has 0 radical (unpaired) electrons. The predicted molar refractivity (Wildman–Crippen MR) is 120 cm³/mol. The number of imide groups is 1. The van der Waals surface area contributed by atoms with Crippen molar-refractivity contribution in [2.45, 2.75) is 26.7 Å². The Labute approximate surface area is 182 Å². The molecule has 0 aromatic heterocycles. The van der Waals surface area contributed by atoms with Gasteiger partial charge in [0.1, 0.15) is 11.4 Å². The van der Waals surface area contributed by atoms with Crippen molar-refractivity contribution in [3.8, 4) is 5.75 Å². The topological polar surface area (TPSA) is 70.1 Å². The van der Waals surface area contributed by atoms with E-state index in [-0.39, 0.29) is 24.3 Å². The number of carbonyl (C=O) groups is 2. The second kappa shape index (κ2) is 8.55. The Hall–Kier alpha value is -3.12. The molecule has 1 fully saturated rings. The van der Waals surface area contributed by atoms with Gasteiger partial charge in [0.05, 0.1) is 18.4 Å². The summed E-state index contributed by atoms with van der Waals surface area (Å²) in [6.45, 7) is 5.22. The van der Waals surface area contributed by atoms with Crippen molar-refractivity contribution in [1.82, 2.24) is 4.90 Å². The van der Waals surface area contributed by atoms with Gasteiger partial charge in [0.2, 0.25) is 0 Å². The lowest BCUT2D eigenvalue weighted by molar-refractivity contribution is -0.120. The molecule has 6 heteroatoms. The quantitative estimate of drug-likeness (QED) is 0.752. The monoisotopic (exact) mass is 420 g/mol. The van der Waals surface area contributed by atoms with Gasteiger partial charge < -0.3 is 14.7 Å². The van der Waals surface area contributed by atoms with E-state index in [1.165, 1.54) is 4.90 Å². The van der Waals surface area contributed by atoms with Crippen LogP contribution in [0.1, 0.15) is 29.5 Å². The lowest BCUT2D eigenvalue weighted by Gasteiger charge is -2.34. The number of aryl methyl sites for hydroxylation is 1.